The topological polar surface area (TPSA) is 66.6 Å². The highest BCUT2D eigenvalue weighted by Gasteiger charge is 2.30. The second-order valence-corrected chi connectivity index (χ2v) is 6.51. The molecule has 1 atom stereocenters. The van der Waals surface area contributed by atoms with Crippen LogP contribution in [0.3, 0.4) is 0 Å². The fourth-order valence-corrected chi connectivity index (χ4v) is 2.50. The van der Waals surface area contributed by atoms with Gasteiger partial charge in [-0.1, -0.05) is 31.2 Å². The molecule has 0 unspecified atom stereocenters. The Kier molecular flexibility index (Phi) is 5.89. The fraction of sp³-hybridized carbons (Fsp3) is 0.350. The highest BCUT2D eigenvalue weighted by Crippen LogP contribution is 2.28. The Morgan fingerprint density at radius 2 is 1.96 bits per heavy atom. The van der Waals surface area contributed by atoms with Crippen molar-refractivity contribution in [1.29, 1.82) is 0 Å². The molecule has 25 heavy (non-hydrogen) atoms. The van der Waals surface area contributed by atoms with Gasteiger partial charge in [-0.25, -0.2) is 4.85 Å². The van der Waals surface area contributed by atoms with Gasteiger partial charge in [-0.05, 0) is 43.0 Å². The SMILES string of the molecule is [C-]#[N+]c1cncc(-c2ccc(C(C)(C)C(=O)N[C@@H](CC)CO)cc2)c1. The van der Waals surface area contributed by atoms with Gasteiger partial charge in [0.15, 0.2) is 0 Å². The van der Waals surface area contributed by atoms with E-state index in [2.05, 4.69) is 15.1 Å². The van der Waals surface area contributed by atoms with Crippen LogP contribution in [0.4, 0.5) is 5.69 Å². The first-order valence-electron chi connectivity index (χ1n) is 8.27. The van der Waals surface area contributed by atoms with Crippen LogP contribution in [0, 0.1) is 6.57 Å². The van der Waals surface area contributed by atoms with Crippen LogP contribution in [-0.4, -0.2) is 28.6 Å². The van der Waals surface area contributed by atoms with Crippen molar-refractivity contribution in [1.82, 2.24) is 10.3 Å². The van der Waals surface area contributed by atoms with Crippen molar-refractivity contribution in [2.45, 2.75) is 38.6 Å². The zero-order valence-electron chi connectivity index (χ0n) is 14.8. The van der Waals surface area contributed by atoms with E-state index in [0.29, 0.717) is 12.1 Å². The van der Waals surface area contributed by atoms with Crippen LogP contribution in [0.2, 0.25) is 0 Å². The summed E-state index contributed by atoms with van der Waals surface area (Å²) in [5.74, 6) is -0.113. The van der Waals surface area contributed by atoms with Crippen LogP contribution in [0.25, 0.3) is 16.0 Å². The first-order valence-corrected chi connectivity index (χ1v) is 8.27. The molecule has 1 aromatic heterocycles. The molecule has 0 fully saturated rings. The summed E-state index contributed by atoms with van der Waals surface area (Å²) in [6.45, 7) is 12.7. The third-order valence-corrected chi connectivity index (χ3v) is 4.41. The second-order valence-electron chi connectivity index (χ2n) is 6.51. The van der Waals surface area contributed by atoms with Crippen LogP contribution < -0.4 is 5.32 Å². The van der Waals surface area contributed by atoms with E-state index in [1.165, 1.54) is 6.20 Å². The Balaban J connectivity index is 2.23. The van der Waals surface area contributed by atoms with Gasteiger partial charge in [-0.2, -0.15) is 0 Å². The van der Waals surface area contributed by atoms with E-state index in [4.69, 9.17) is 6.57 Å². The molecule has 1 aromatic carbocycles. The molecular weight excluding hydrogens is 314 g/mol. The highest BCUT2D eigenvalue weighted by atomic mass is 16.3. The lowest BCUT2D eigenvalue weighted by molar-refractivity contribution is -0.126. The van der Waals surface area contributed by atoms with Crippen LogP contribution in [0.15, 0.2) is 42.7 Å². The zero-order valence-corrected chi connectivity index (χ0v) is 14.8. The number of aromatic nitrogens is 1. The van der Waals surface area contributed by atoms with Crippen molar-refractivity contribution in [3.8, 4) is 11.1 Å². The van der Waals surface area contributed by atoms with E-state index < -0.39 is 5.41 Å². The van der Waals surface area contributed by atoms with Gasteiger partial charge >= 0.3 is 0 Å². The quantitative estimate of drug-likeness (QED) is 0.793. The molecule has 2 aromatic rings. The molecule has 1 heterocycles. The first kappa shape index (κ1) is 18.6. The first-order chi connectivity index (χ1) is 11.9. The predicted octanol–water partition coefficient (Wildman–Crippen LogP) is 3.46. The van der Waals surface area contributed by atoms with E-state index in [0.717, 1.165) is 16.7 Å². The van der Waals surface area contributed by atoms with Gasteiger partial charge in [0.1, 0.15) is 0 Å². The Morgan fingerprint density at radius 3 is 2.52 bits per heavy atom. The number of carbonyl (C=O) groups is 1. The number of nitrogens with zero attached hydrogens (tertiary/aromatic N) is 2. The zero-order chi connectivity index (χ0) is 18.4. The van der Waals surface area contributed by atoms with E-state index in [9.17, 15) is 9.90 Å². The summed E-state index contributed by atoms with van der Waals surface area (Å²) in [4.78, 5) is 20.0. The van der Waals surface area contributed by atoms with Crippen LogP contribution in [0.5, 0.6) is 0 Å². The summed E-state index contributed by atoms with van der Waals surface area (Å²) in [6, 6.07) is 9.25. The molecule has 5 nitrogen and oxygen atoms in total. The van der Waals surface area contributed by atoms with Gasteiger partial charge in [0.05, 0.1) is 24.6 Å². The molecule has 130 valence electrons. The molecular formula is C20H23N3O2. The maximum absolute atomic E-state index is 12.6. The van der Waals surface area contributed by atoms with Crippen LogP contribution in [-0.2, 0) is 10.2 Å². The lowest BCUT2D eigenvalue weighted by Crippen LogP contribution is -2.46. The summed E-state index contributed by atoms with van der Waals surface area (Å²) >= 11 is 0. The van der Waals surface area contributed by atoms with Crippen LogP contribution in [0.1, 0.15) is 32.8 Å². The number of nitrogens with one attached hydrogen (secondary N) is 1. The second kappa shape index (κ2) is 7.91. The lowest BCUT2D eigenvalue weighted by Gasteiger charge is -2.27. The van der Waals surface area contributed by atoms with E-state index in [1.54, 1.807) is 12.3 Å². The number of hydrogen-bond donors (Lipinski definition) is 2. The van der Waals surface area contributed by atoms with Gasteiger partial charge in [0, 0.05) is 12.4 Å². The molecule has 0 radical (unpaired) electrons. The number of amides is 1. The Bertz CT molecular complexity index is 772. The van der Waals surface area contributed by atoms with Crippen molar-refractivity contribution < 1.29 is 9.90 Å². The van der Waals surface area contributed by atoms with Gasteiger partial charge in [0.25, 0.3) is 0 Å². The molecule has 2 N–H and O–H groups in total. The number of aliphatic hydroxyl groups is 1. The van der Waals surface area contributed by atoms with Gasteiger partial charge in [0.2, 0.25) is 11.6 Å². The van der Waals surface area contributed by atoms with Crippen molar-refractivity contribution in [3.05, 3.63) is 59.7 Å². The van der Waals surface area contributed by atoms with E-state index in [1.807, 2.05) is 45.0 Å². The average molecular weight is 337 g/mol. The predicted molar refractivity (Wildman–Crippen MR) is 98.3 cm³/mol. The molecule has 0 saturated carbocycles. The molecule has 0 aliphatic rings. The highest BCUT2D eigenvalue weighted by molar-refractivity contribution is 5.87. The Morgan fingerprint density at radius 1 is 1.28 bits per heavy atom. The molecule has 5 heteroatoms. The minimum Gasteiger partial charge on any atom is -0.394 e. The van der Waals surface area contributed by atoms with E-state index >= 15 is 0 Å². The van der Waals surface area contributed by atoms with Gasteiger partial charge in [-0.3, -0.25) is 9.78 Å². The third kappa shape index (κ3) is 4.23. The summed E-state index contributed by atoms with van der Waals surface area (Å²) < 4.78 is 0. The van der Waals surface area contributed by atoms with E-state index in [-0.39, 0.29) is 18.6 Å². The van der Waals surface area contributed by atoms with Crippen LogP contribution >= 0.6 is 0 Å². The maximum Gasteiger partial charge on any atom is 0.230 e. The van der Waals surface area contributed by atoms with Crippen molar-refractivity contribution in [2.24, 2.45) is 0 Å². The molecule has 0 aliphatic heterocycles. The average Bonchev–Trinajstić information content (AvgIpc) is 2.65. The normalized spacial score (nSPS) is 12.3. The number of aliphatic hydroxyl groups excluding tert-OH is 1. The number of pyridine rings is 1. The maximum atomic E-state index is 12.6. The molecule has 2 rings (SSSR count). The van der Waals surface area contributed by atoms with Gasteiger partial charge < -0.3 is 10.4 Å². The molecule has 0 spiro atoms. The van der Waals surface area contributed by atoms with Crippen molar-refractivity contribution >= 4 is 11.6 Å². The Hall–Kier alpha value is -2.71. The number of rotatable bonds is 6. The number of hydrogen-bond acceptors (Lipinski definition) is 3. The van der Waals surface area contributed by atoms with Crippen molar-refractivity contribution in [3.63, 3.8) is 0 Å². The summed E-state index contributed by atoms with van der Waals surface area (Å²) in [7, 11) is 0. The standard InChI is InChI=1S/C20H23N3O2/c1-5-17(13-24)23-19(25)20(2,3)16-8-6-14(7-9-16)15-10-18(21-4)12-22-11-15/h6-12,17,24H,5,13H2,1-3H3,(H,23,25)/t17-/m0/s1. The lowest BCUT2D eigenvalue weighted by atomic mass is 9.82. The molecule has 0 aliphatic carbocycles. The monoisotopic (exact) mass is 337 g/mol. The Labute approximate surface area is 148 Å². The summed E-state index contributed by atoms with van der Waals surface area (Å²) in [5, 5.41) is 12.2. The summed E-state index contributed by atoms with van der Waals surface area (Å²) in [5.41, 5.74) is 2.48. The number of carbonyl (C=O) groups excluding carboxylic acids is 1. The molecule has 1 amide bonds. The fourth-order valence-electron chi connectivity index (χ4n) is 2.50. The third-order valence-electron chi connectivity index (χ3n) is 4.41. The van der Waals surface area contributed by atoms with Crippen molar-refractivity contribution in [2.75, 3.05) is 6.61 Å². The number of benzene rings is 1. The molecule has 0 bridgehead atoms. The summed E-state index contributed by atoms with van der Waals surface area (Å²) in [6.07, 6.45) is 3.93. The minimum atomic E-state index is -0.711. The molecule has 0 saturated heterocycles. The minimum absolute atomic E-state index is 0.0678. The van der Waals surface area contributed by atoms with Gasteiger partial charge in [-0.15, -0.1) is 0 Å². The smallest absolute Gasteiger partial charge is 0.230 e. The largest absolute Gasteiger partial charge is 0.394 e.